The molecular weight excluding hydrogens is 368 g/mol. The van der Waals surface area contributed by atoms with E-state index in [1.807, 2.05) is 24.3 Å². The first-order valence-electron chi connectivity index (χ1n) is 10.3. The van der Waals surface area contributed by atoms with Gasteiger partial charge in [-0.1, -0.05) is 38.3 Å². The molecule has 0 aliphatic rings. The van der Waals surface area contributed by atoms with Gasteiger partial charge in [0.15, 0.2) is 0 Å². The number of hydrogen-bond acceptors (Lipinski definition) is 5. The van der Waals surface area contributed by atoms with Crippen molar-refractivity contribution in [2.24, 2.45) is 0 Å². The van der Waals surface area contributed by atoms with E-state index in [0.29, 0.717) is 23.3 Å². The number of carbonyl (C=O) groups excluding carboxylic acids is 2. The summed E-state index contributed by atoms with van der Waals surface area (Å²) < 4.78 is 16.0. The maximum Gasteiger partial charge on any atom is 0.338 e. The van der Waals surface area contributed by atoms with Crippen LogP contribution in [0.3, 0.4) is 0 Å². The van der Waals surface area contributed by atoms with Gasteiger partial charge in [-0.25, -0.2) is 9.59 Å². The molecule has 0 spiro atoms. The van der Waals surface area contributed by atoms with Crippen molar-refractivity contribution in [2.75, 3.05) is 19.8 Å². The van der Waals surface area contributed by atoms with Crippen molar-refractivity contribution in [3.8, 4) is 16.9 Å². The molecule has 0 saturated carbocycles. The normalized spacial score (nSPS) is 10.4. The quantitative estimate of drug-likeness (QED) is 0.361. The molecular formula is C24H30O5. The molecule has 156 valence electrons. The van der Waals surface area contributed by atoms with Gasteiger partial charge in [-0.05, 0) is 61.7 Å². The number of hydrogen-bond donors (Lipinski definition) is 0. The third-order valence-electron chi connectivity index (χ3n) is 4.46. The third-order valence-corrected chi connectivity index (χ3v) is 4.46. The fourth-order valence-corrected chi connectivity index (χ4v) is 2.96. The van der Waals surface area contributed by atoms with Crippen LogP contribution < -0.4 is 4.74 Å². The number of unbranched alkanes of at least 4 members (excludes halogenated alkanes) is 3. The van der Waals surface area contributed by atoms with Crippen molar-refractivity contribution < 1.29 is 23.8 Å². The molecule has 5 nitrogen and oxygen atoms in total. The Hall–Kier alpha value is -2.82. The number of ether oxygens (including phenoxy) is 3. The Balaban J connectivity index is 2.24. The molecule has 0 aliphatic heterocycles. The Labute approximate surface area is 173 Å². The number of carbonyl (C=O) groups is 2. The first kappa shape index (κ1) is 22.5. The zero-order valence-corrected chi connectivity index (χ0v) is 17.5. The molecule has 0 fully saturated rings. The molecule has 5 heteroatoms. The van der Waals surface area contributed by atoms with Gasteiger partial charge in [0.1, 0.15) is 5.75 Å². The van der Waals surface area contributed by atoms with Crippen LogP contribution in [0.1, 0.15) is 67.2 Å². The summed E-state index contributed by atoms with van der Waals surface area (Å²) in [6.45, 7) is 6.96. The molecule has 0 atom stereocenters. The van der Waals surface area contributed by atoms with Crippen molar-refractivity contribution >= 4 is 11.9 Å². The maximum atomic E-state index is 12.4. The van der Waals surface area contributed by atoms with Gasteiger partial charge in [-0.3, -0.25) is 0 Å². The Morgan fingerprint density at radius 3 is 2.14 bits per heavy atom. The number of rotatable bonds is 11. The standard InChI is InChI=1S/C24H30O5/c1-4-7-8-9-16-29-20-13-10-18(11-14-20)22-17-19(23(25)27-5-2)12-15-21(22)24(26)28-6-3/h10-15,17H,4-9,16H2,1-3H3. The molecule has 0 bridgehead atoms. The smallest absolute Gasteiger partial charge is 0.338 e. The molecule has 0 saturated heterocycles. The molecule has 0 aliphatic carbocycles. The minimum absolute atomic E-state index is 0.280. The van der Waals surface area contributed by atoms with E-state index in [1.54, 1.807) is 32.0 Å². The number of benzene rings is 2. The van der Waals surface area contributed by atoms with Crippen molar-refractivity contribution in [3.63, 3.8) is 0 Å². The second-order valence-electron chi connectivity index (χ2n) is 6.63. The first-order valence-corrected chi connectivity index (χ1v) is 10.3. The Bertz CT molecular complexity index is 795. The fourth-order valence-electron chi connectivity index (χ4n) is 2.96. The monoisotopic (exact) mass is 398 g/mol. The predicted octanol–water partition coefficient (Wildman–Crippen LogP) is 5.67. The lowest BCUT2D eigenvalue weighted by Gasteiger charge is -2.12. The van der Waals surface area contributed by atoms with Crippen LogP contribution in [0.2, 0.25) is 0 Å². The summed E-state index contributed by atoms with van der Waals surface area (Å²) in [4.78, 5) is 24.5. The van der Waals surface area contributed by atoms with E-state index in [1.165, 1.54) is 12.8 Å². The van der Waals surface area contributed by atoms with Crippen LogP contribution in [-0.4, -0.2) is 31.8 Å². The molecule has 2 aromatic carbocycles. The highest BCUT2D eigenvalue weighted by atomic mass is 16.5. The molecule has 0 amide bonds. The van der Waals surface area contributed by atoms with E-state index in [9.17, 15) is 9.59 Å². The van der Waals surface area contributed by atoms with Crippen LogP contribution in [0.25, 0.3) is 11.1 Å². The topological polar surface area (TPSA) is 61.8 Å². The van der Waals surface area contributed by atoms with E-state index in [0.717, 1.165) is 24.2 Å². The fraction of sp³-hybridized carbons (Fsp3) is 0.417. The average Bonchev–Trinajstić information content (AvgIpc) is 2.74. The SMILES string of the molecule is CCCCCCOc1ccc(-c2cc(C(=O)OCC)ccc2C(=O)OCC)cc1. The van der Waals surface area contributed by atoms with Gasteiger partial charge in [-0.2, -0.15) is 0 Å². The van der Waals surface area contributed by atoms with Crippen molar-refractivity contribution in [3.05, 3.63) is 53.6 Å². The average molecular weight is 398 g/mol. The molecule has 29 heavy (non-hydrogen) atoms. The maximum absolute atomic E-state index is 12.4. The Kier molecular flexibility index (Phi) is 9.22. The summed E-state index contributed by atoms with van der Waals surface area (Å²) in [6.07, 6.45) is 4.61. The van der Waals surface area contributed by atoms with Crippen molar-refractivity contribution in [2.45, 2.75) is 46.5 Å². The van der Waals surface area contributed by atoms with Gasteiger partial charge in [0.2, 0.25) is 0 Å². The van der Waals surface area contributed by atoms with E-state index >= 15 is 0 Å². The first-order chi connectivity index (χ1) is 14.1. The molecule has 0 heterocycles. The lowest BCUT2D eigenvalue weighted by Crippen LogP contribution is -2.09. The van der Waals surface area contributed by atoms with E-state index in [4.69, 9.17) is 14.2 Å². The van der Waals surface area contributed by atoms with E-state index in [-0.39, 0.29) is 13.2 Å². The predicted molar refractivity (Wildman–Crippen MR) is 113 cm³/mol. The molecule has 0 aromatic heterocycles. The van der Waals surface area contributed by atoms with Crippen LogP contribution in [0, 0.1) is 0 Å². The van der Waals surface area contributed by atoms with Gasteiger partial charge in [-0.15, -0.1) is 0 Å². The summed E-state index contributed by atoms with van der Waals surface area (Å²) in [5.74, 6) is -0.0603. The number of esters is 2. The highest BCUT2D eigenvalue weighted by Crippen LogP contribution is 2.28. The zero-order chi connectivity index (χ0) is 21.1. The highest BCUT2D eigenvalue weighted by molar-refractivity contribution is 6.00. The van der Waals surface area contributed by atoms with Crippen molar-refractivity contribution in [1.82, 2.24) is 0 Å². The van der Waals surface area contributed by atoms with E-state index in [2.05, 4.69) is 6.92 Å². The Morgan fingerprint density at radius 1 is 0.793 bits per heavy atom. The minimum Gasteiger partial charge on any atom is -0.494 e. The van der Waals surface area contributed by atoms with Gasteiger partial charge >= 0.3 is 11.9 Å². The van der Waals surface area contributed by atoms with Crippen LogP contribution in [-0.2, 0) is 9.47 Å². The second-order valence-corrected chi connectivity index (χ2v) is 6.63. The van der Waals surface area contributed by atoms with Gasteiger partial charge in [0.25, 0.3) is 0 Å². The molecule has 0 radical (unpaired) electrons. The van der Waals surface area contributed by atoms with Gasteiger partial charge in [0.05, 0.1) is 30.9 Å². The van der Waals surface area contributed by atoms with Crippen LogP contribution in [0.15, 0.2) is 42.5 Å². The Morgan fingerprint density at radius 2 is 1.48 bits per heavy atom. The second kappa shape index (κ2) is 11.9. The largest absolute Gasteiger partial charge is 0.494 e. The van der Waals surface area contributed by atoms with E-state index < -0.39 is 11.9 Å². The lowest BCUT2D eigenvalue weighted by atomic mass is 9.97. The molecule has 0 N–H and O–H groups in total. The summed E-state index contributed by atoms with van der Waals surface area (Å²) in [6, 6.07) is 12.4. The van der Waals surface area contributed by atoms with Crippen LogP contribution in [0.5, 0.6) is 5.75 Å². The molecule has 2 rings (SSSR count). The van der Waals surface area contributed by atoms with Gasteiger partial charge < -0.3 is 14.2 Å². The highest BCUT2D eigenvalue weighted by Gasteiger charge is 2.17. The molecule has 0 unspecified atom stereocenters. The summed E-state index contributed by atoms with van der Waals surface area (Å²) in [7, 11) is 0. The lowest BCUT2D eigenvalue weighted by molar-refractivity contribution is 0.0512. The minimum atomic E-state index is -0.422. The molecule has 2 aromatic rings. The van der Waals surface area contributed by atoms with Crippen molar-refractivity contribution in [1.29, 1.82) is 0 Å². The summed E-state index contributed by atoms with van der Waals surface area (Å²) in [5, 5.41) is 0. The summed E-state index contributed by atoms with van der Waals surface area (Å²) in [5.41, 5.74) is 2.24. The third kappa shape index (κ3) is 6.63. The van der Waals surface area contributed by atoms with Gasteiger partial charge in [0, 0.05) is 0 Å². The zero-order valence-electron chi connectivity index (χ0n) is 17.5. The summed E-state index contributed by atoms with van der Waals surface area (Å²) >= 11 is 0. The van der Waals surface area contributed by atoms with Crippen LogP contribution in [0.4, 0.5) is 0 Å². The van der Waals surface area contributed by atoms with Crippen LogP contribution >= 0.6 is 0 Å².